The number of likely N-dealkylation sites (N-methyl/N-ethyl adjacent to an activating group) is 1. The largest absolute Gasteiger partial charge is 0.460 e. The first-order chi connectivity index (χ1) is 29.6. The van der Waals surface area contributed by atoms with Gasteiger partial charge in [0.2, 0.25) is 23.6 Å². The van der Waals surface area contributed by atoms with Crippen LogP contribution in [0.5, 0.6) is 0 Å². The fraction of sp³-hybridized carbons (Fsp3) is 0.550. The number of alkyl carbamates (subject to hydrolysis) is 1. The van der Waals surface area contributed by atoms with E-state index in [0.717, 1.165) is 27.2 Å². The highest BCUT2D eigenvalue weighted by atomic mass is 32.2. The van der Waals surface area contributed by atoms with Gasteiger partial charge < -0.3 is 35.6 Å². The van der Waals surface area contributed by atoms with Gasteiger partial charge >= 0.3 is 12.1 Å². The minimum Gasteiger partial charge on any atom is -0.460 e. The maximum atomic E-state index is 14.4. The zero-order valence-corrected chi connectivity index (χ0v) is 31.7. The number of ether oxygens (including phenoxy) is 2. The Hall–Kier alpha value is -4.59. The van der Waals surface area contributed by atoms with Crippen LogP contribution < -0.4 is 21.3 Å². The SMILES string of the molecule is [2H]C([2H])([2H])C([2H])(C([2H])([2H])[2H])C([2H])([2H])C([2H])(NC(=O)C1CCCN1C(=O)C(CSCCCC(=O)OC(C)(C)C)NC(=O)OCC1c2ccccc2-c2ccccc21)C(=O)NCC(=O)NC. The Kier molecular flexibility index (Phi) is 10.8. The molecule has 2 aromatic rings. The zero-order valence-electron chi connectivity index (χ0n) is 40.8. The predicted octanol–water partition coefficient (Wildman–Crippen LogP) is 4.13. The molecule has 4 rings (SSSR count). The summed E-state index contributed by atoms with van der Waals surface area (Å²) < 4.78 is 93.3. The highest BCUT2D eigenvalue weighted by Crippen LogP contribution is 2.44. The van der Waals surface area contributed by atoms with Crippen LogP contribution in [-0.2, 0) is 33.4 Å². The number of esters is 1. The molecule has 54 heavy (non-hydrogen) atoms. The van der Waals surface area contributed by atoms with Crippen molar-refractivity contribution in [3.05, 3.63) is 59.7 Å². The molecule has 3 atom stereocenters. The van der Waals surface area contributed by atoms with Gasteiger partial charge in [-0.3, -0.25) is 24.0 Å². The number of thioether (sulfide) groups is 1. The Morgan fingerprint density at radius 1 is 1.02 bits per heavy atom. The summed E-state index contributed by atoms with van der Waals surface area (Å²) in [5.41, 5.74) is 3.15. The molecule has 13 nitrogen and oxygen atoms in total. The number of carbonyl (C=O) groups is 6. The molecule has 3 unspecified atom stereocenters. The molecule has 2 aliphatic rings. The Balaban J connectivity index is 1.60. The van der Waals surface area contributed by atoms with Crippen molar-refractivity contribution in [1.29, 1.82) is 0 Å². The van der Waals surface area contributed by atoms with E-state index in [9.17, 15) is 28.8 Å². The highest BCUT2D eigenvalue weighted by molar-refractivity contribution is 7.99. The summed E-state index contributed by atoms with van der Waals surface area (Å²) in [5, 5.41) is 8.47. The first kappa shape index (κ1) is 29.7. The summed E-state index contributed by atoms with van der Waals surface area (Å²) in [5.74, 6) is -9.65. The van der Waals surface area contributed by atoms with Crippen LogP contribution in [0.1, 0.15) is 97.3 Å². The maximum Gasteiger partial charge on any atom is 0.407 e. The van der Waals surface area contributed by atoms with E-state index >= 15 is 0 Å². The summed E-state index contributed by atoms with van der Waals surface area (Å²) in [6, 6.07) is 8.48. The molecule has 294 valence electrons. The third-order valence-corrected chi connectivity index (χ3v) is 9.71. The Bertz CT molecular complexity index is 2010. The smallest absolute Gasteiger partial charge is 0.407 e. The molecule has 0 radical (unpaired) electrons. The van der Waals surface area contributed by atoms with Gasteiger partial charge in [-0.1, -0.05) is 62.2 Å². The summed E-state index contributed by atoms with van der Waals surface area (Å²) in [6.45, 7) is -3.96. The third kappa shape index (κ3) is 12.0. The van der Waals surface area contributed by atoms with Crippen molar-refractivity contribution >= 4 is 47.5 Å². The van der Waals surface area contributed by atoms with E-state index in [1.54, 1.807) is 20.8 Å². The van der Waals surface area contributed by atoms with Gasteiger partial charge in [0.05, 0.1) is 7.92 Å². The molecule has 0 bridgehead atoms. The molecule has 0 aromatic heterocycles. The van der Waals surface area contributed by atoms with Crippen LogP contribution in [0.15, 0.2) is 48.5 Å². The van der Waals surface area contributed by atoms with Crippen molar-refractivity contribution in [2.24, 2.45) is 5.89 Å². The van der Waals surface area contributed by atoms with E-state index in [1.807, 2.05) is 59.2 Å². The number of hydrogen-bond acceptors (Lipinski definition) is 9. The standard InChI is InChI=1S/C40H55N5O8S/c1-25(2)21-31(36(48)42-22-34(46)41-6)43-37(49)33-17-11-19-45(33)38(50)32(24-54-20-12-18-35(47)53-40(3,4)5)44-39(51)52-23-30-28-15-9-7-13-26(28)27-14-8-10-16-29(27)30/h7-10,13-16,25,30-33H,11-12,17-24H2,1-6H3,(H,41,46)(H,42,48)(H,43,49)(H,44,51)/i1D3,2D3,21D2,25D,31D. The van der Waals surface area contributed by atoms with Crippen LogP contribution in [0.3, 0.4) is 0 Å². The quantitative estimate of drug-likeness (QED) is 0.136. The van der Waals surface area contributed by atoms with Crippen LogP contribution in [0.25, 0.3) is 11.1 Å². The molecule has 5 amide bonds. The van der Waals surface area contributed by atoms with Crippen LogP contribution in [0.4, 0.5) is 4.79 Å². The first-order valence-electron chi connectivity index (χ1n) is 22.6. The molecule has 1 saturated heterocycles. The summed E-state index contributed by atoms with van der Waals surface area (Å²) in [6.07, 6.45) is -4.78. The van der Waals surface area contributed by atoms with E-state index in [0.29, 0.717) is 12.2 Å². The van der Waals surface area contributed by atoms with Crippen LogP contribution in [0, 0.1) is 5.89 Å². The molecule has 1 fully saturated rings. The topological polar surface area (TPSA) is 172 Å². The lowest BCUT2D eigenvalue weighted by atomic mass is 9.98. The molecule has 1 heterocycles. The van der Waals surface area contributed by atoms with Gasteiger partial charge in [0, 0.05) is 44.0 Å². The lowest BCUT2D eigenvalue weighted by Gasteiger charge is -2.30. The summed E-state index contributed by atoms with van der Waals surface area (Å²) in [7, 11) is 1.19. The van der Waals surface area contributed by atoms with Crippen LogP contribution in [0.2, 0.25) is 0 Å². The molecule has 0 saturated carbocycles. The number of benzene rings is 2. The Morgan fingerprint density at radius 2 is 1.69 bits per heavy atom. The van der Waals surface area contributed by atoms with Gasteiger partial charge in [-0.05, 0) is 80.3 Å². The van der Waals surface area contributed by atoms with Crippen LogP contribution >= 0.6 is 11.8 Å². The van der Waals surface area contributed by atoms with E-state index in [4.69, 9.17) is 23.2 Å². The van der Waals surface area contributed by atoms with E-state index < -0.39 is 91.9 Å². The van der Waals surface area contributed by atoms with E-state index in [-0.39, 0.29) is 44.1 Å². The maximum absolute atomic E-state index is 14.4. The molecule has 1 aliphatic carbocycles. The Labute approximate surface area is 336 Å². The molecule has 14 heteroatoms. The monoisotopic (exact) mass is 775 g/mol. The number of amides is 5. The van der Waals surface area contributed by atoms with Crippen molar-refractivity contribution in [3.63, 3.8) is 0 Å². The van der Waals surface area contributed by atoms with Gasteiger partial charge in [-0.2, -0.15) is 11.8 Å². The lowest BCUT2D eigenvalue weighted by Crippen LogP contribution is -2.57. The number of nitrogens with one attached hydrogen (secondary N) is 4. The molecular weight excluding hydrogens is 711 g/mol. The van der Waals surface area contributed by atoms with Gasteiger partial charge in [0.25, 0.3) is 0 Å². The van der Waals surface area contributed by atoms with Crippen molar-refractivity contribution < 1.29 is 51.9 Å². The van der Waals surface area contributed by atoms with E-state index in [2.05, 4.69) is 10.6 Å². The average Bonchev–Trinajstić information content (AvgIpc) is 3.82. The van der Waals surface area contributed by atoms with Crippen molar-refractivity contribution in [2.75, 3.05) is 38.2 Å². The third-order valence-electron chi connectivity index (χ3n) is 8.56. The molecule has 2 aromatic carbocycles. The number of carbonyl (C=O) groups excluding carboxylic acids is 6. The fourth-order valence-electron chi connectivity index (χ4n) is 6.19. The molecule has 0 spiro atoms. The summed E-state index contributed by atoms with van der Waals surface area (Å²) in [4.78, 5) is 81.1. The second-order valence-corrected chi connectivity index (χ2v) is 14.8. The second-order valence-electron chi connectivity index (χ2n) is 13.7. The predicted molar refractivity (Wildman–Crippen MR) is 208 cm³/mol. The van der Waals surface area contributed by atoms with Crippen molar-refractivity contribution in [1.82, 2.24) is 26.2 Å². The average molecular weight is 776 g/mol. The fourth-order valence-corrected chi connectivity index (χ4v) is 7.16. The molecule has 4 N–H and O–H groups in total. The number of likely N-dealkylation sites (tertiary alicyclic amines) is 1. The zero-order chi connectivity index (χ0) is 48.1. The number of nitrogens with zero attached hydrogens (tertiary/aromatic N) is 1. The minimum atomic E-state index is -4.24. The van der Waals surface area contributed by atoms with E-state index in [1.165, 1.54) is 18.8 Å². The minimum absolute atomic E-state index is 0.0687. The molecule has 1 aliphatic heterocycles. The number of hydrogen-bond donors (Lipinski definition) is 4. The second kappa shape index (κ2) is 19.7. The molecular formula is C40H55N5O8S. The number of fused-ring (bicyclic) bond motifs is 3. The van der Waals surface area contributed by atoms with Gasteiger partial charge in [-0.25, -0.2) is 4.79 Å². The van der Waals surface area contributed by atoms with Crippen LogP contribution in [-0.4, -0.2) is 103 Å². The number of rotatable bonds is 17. The first-order valence-corrected chi connectivity index (χ1v) is 18.8. The Morgan fingerprint density at radius 3 is 2.31 bits per heavy atom. The summed E-state index contributed by atoms with van der Waals surface area (Å²) >= 11 is 1.20. The van der Waals surface area contributed by atoms with Gasteiger partial charge in [0.15, 0.2) is 0 Å². The van der Waals surface area contributed by atoms with Gasteiger partial charge in [0.1, 0.15) is 30.3 Å². The normalized spacial score (nSPS) is 20.4. The van der Waals surface area contributed by atoms with Gasteiger partial charge in [-0.15, -0.1) is 0 Å². The lowest BCUT2D eigenvalue weighted by molar-refractivity contribution is -0.154. The van der Waals surface area contributed by atoms with Crippen molar-refractivity contribution in [3.8, 4) is 11.1 Å². The highest BCUT2D eigenvalue weighted by Gasteiger charge is 2.39. The van der Waals surface area contributed by atoms with Crippen molar-refractivity contribution in [2.45, 2.75) is 96.2 Å².